The van der Waals surface area contributed by atoms with E-state index in [0.717, 1.165) is 35.1 Å². The maximum Gasteiger partial charge on any atom is 0.124 e. The van der Waals surface area contributed by atoms with Gasteiger partial charge >= 0.3 is 0 Å². The minimum atomic E-state index is 0.664. The summed E-state index contributed by atoms with van der Waals surface area (Å²) in [5.74, 6) is 0.809. The molecule has 0 saturated carbocycles. The molecule has 1 aromatic carbocycles. The summed E-state index contributed by atoms with van der Waals surface area (Å²) in [5, 5.41) is 8.32. The molecule has 2 aromatic rings. The van der Waals surface area contributed by atoms with Crippen LogP contribution in [0.25, 0.3) is 0 Å². The zero-order valence-corrected chi connectivity index (χ0v) is 11.9. The van der Waals surface area contributed by atoms with E-state index in [1.807, 2.05) is 35.1 Å². The highest BCUT2D eigenvalue weighted by molar-refractivity contribution is 6.31. The zero-order valence-electron chi connectivity index (χ0n) is 11.2. The van der Waals surface area contributed by atoms with Gasteiger partial charge in [0.25, 0.3) is 0 Å². The molecule has 2 rings (SSSR count). The van der Waals surface area contributed by atoms with Gasteiger partial charge in [-0.25, -0.2) is 0 Å². The Morgan fingerprint density at radius 2 is 2.16 bits per heavy atom. The SMILES string of the molecule is CCn1nccc1CNCc1c(Cl)cccc1OC. The molecule has 4 nitrogen and oxygen atoms in total. The number of ether oxygens (including phenoxy) is 1. The van der Waals surface area contributed by atoms with E-state index >= 15 is 0 Å². The first-order chi connectivity index (χ1) is 9.26. The monoisotopic (exact) mass is 279 g/mol. The van der Waals surface area contributed by atoms with Crippen LogP contribution in [0.5, 0.6) is 5.75 Å². The lowest BCUT2D eigenvalue weighted by atomic mass is 10.2. The van der Waals surface area contributed by atoms with Gasteiger partial charge < -0.3 is 10.1 Å². The topological polar surface area (TPSA) is 39.1 Å². The van der Waals surface area contributed by atoms with Crippen LogP contribution in [0.15, 0.2) is 30.5 Å². The van der Waals surface area contributed by atoms with Crippen molar-refractivity contribution in [1.82, 2.24) is 15.1 Å². The third-order valence-corrected chi connectivity index (χ3v) is 3.36. The number of nitrogens with one attached hydrogen (secondary N) is 1. The summed E-state index contributed by atoms with van der Waals surface area (Å²) >= 11 is 6.19. The van der Waals surface area contributed by atoms with Crippen molar-refractivity contribution in [2.45, 2.75) is 26.6 Å². The Balaban J connectivity index is 2.00. The predicted octanol–water partition coefficient (Wildman–Crippen LogP) is 2.85. The van der Waals surface area contributed by atoms with E-state index in [2.05, 4.69) is 17.3 Å². The quantitative estimate of drug-likeness (QED) is 0.884. The number of methoxy groups -OCH3 is 1. The van der Waals surface area contributed by atoms with Crippen molar-refractivity contribution in [3.8, 4) is 5.75 Å². The third kappa shape index (κ3) is 3.28. The maximum atomic E-state index is 6.19. The highest BCUT2D eigenvalue weighted by Crippen LogP contribution is 2.25. The summed E-state index contributed by atoms with van der Waals surface area (Å²) in [6.07, 6.45) is 1.82. The molecule has 102 valence electrons. The normalized spacial score (nSPS) is 10.7. The minimum absolute atomic E-state index is 0.664. The molecule has 0 aliphatic rings. The molecule has 0 unspecified atom stereocenters. The van der Waals surface area contributed by atoms with Gasteiger partial charge in [-0.05, 0) is 25.1 Å². The third-order valence-electron chi connectivity index (χ3n) is 3.01. The number of nitrogens with zero attached hydrogens (tertiary/aromatic N) is 2. The van der Waals surface area contributed by atoms with Gasteiger partial charge in [0.2, 0.25) is 0 Å². The molecule has 0 atom stereocenters. The van der Waals surface area contributed by atoms with Crippen LogP contribution < -0.4 is 10.1 Å². The first-order valence-corrected chi connectivity index (χ1v) is 6.66. The van der Waals surface area contributed by atoms with Crippen LogP contribution in [-0.4, -0.2) is 16.9 Å². The lowest BCUT2D eigenvalue weighted by Gasteiger charge is -2.11. The summed E-state index contributed by atoms with van der Waals surface area (Å²) in [6, 6.07) is 7.69. The molecule has 0 aliphatic carbocycles. The number of hydrogen-bond acceptors (Lipinski definition) is 3. The molecule has 0 radical (unpaired) electrons. The van der Waals surface area contributed by atoms with E-state index in [1.54, 1.807) is 7.11 Å². The largest absolute Gasteiger partial charge is 0.496 e. The second-order valence-electron chi connectivity index (χ2n) is 4.16. The lowest BCUT2D eigenvalue weighted by molar-refractivity contribution is 0.407. The molecule has 19 heavy (non-hydrogen) atoms. The van der Waals surface area contributed by atoms with Crippen molar-refractivity contribution in [2.75, 3.05) is 7.11 Å². The Bertz CT molecular complexity index is 539. The van der Waals surface area contributed by atoms with Crippen LogP contribution in [0.3, 0.4) is 0 Å². The second kappa shape index (κ2) is 6.59. The van der Waals surface area contributed by atoms with Crippen LogP contribution in [-0.2, 0) is 19.6 Å². The van der Waals surface area contributed by atoms with Crippen LogP contribution in [0.2, 0.25) is 5.02 Å². The highest BCUT2D eigenvalue weighted by Gasteiger charge is 2.07. The van der Waals surface area contributed by atoms with Crippen molar-refractivity contribution in [2.24, 2.45) is 0 Å². The van der Waals surface area contributed by atoms with Gasteiger partial charge in [-0.15, -0.1) is 0 Å². The fourth-order valence-corrected chi connectivity index (χ4v) is 2.24. The van der Waals surface area contributed by atoms with E-state index in [1.165, 1.54) is 0 Å². The van der Waals surface area contributed by atoms with Gasteiger partial charge in [0.15, 0.2) is 0 Å². The average molecular weight is 280 g/mol. The van der Waals surface area contributed by atoms with Gasteiger partial charge in [0, 0.05) is 36.4 Å². The minimum Gasteiger partial charge on any atom is -0.496 e. The molecular weight excluding hydrogens is 262 g/mol. The highest BCUT2D eigenvalue weighted by atomic mass is 35.5. The van der Waals surface area contributed by atoms with Gasteiger partial charge in [0.05, 0.1) is 12.8 Å². The van der Waals surface area contributed by atoms with E-state index in [-0.39, 0.29) is 0 Å². The fourth-order valence-electron chi connectivity index (χ4n) is 2.01. The molecular formula is C14H18ClN3O. The zero-order chi connectivity index (χ0) is 13.7. The first-order valence-electron chi connectivity index (χ1n) is 6.29. The van der Waals surface area contributed by atoms with E-state index in [9.17, 15) is 0 Å². The number of aryl methyl sites for hydroxylation is 1. The van der Waals surface area contributed by atoms with Crippen LogP contribution in [0, 0.1) is 0 Å². The first kappa shape index (κ1) is 13.9. The average Bonchev–Trinajstić information content (AvgIpc) is 2.88. The summed E-state index contributed by atoms with van der Waals surface area (Å²) in [5.41, 5.74) is 2.14. The summed E-state index contributed by atoms with van der Waals surface area (Å²) < 4.78 is 7.29. The standard InChI is InChI=1S/C14H18ClN3O/c1-3-18-11(7-8-17-18)9-16-10-12-13(15)5-4-6-14(12)19-2/h4-8,16H,3,9-10H2,1-2H3. The molecule has 1 aromatic heterocycles. The Hall–Kier alpha value is -1.52. The second-order valence-corrected chi connectivity index (χ2v) is 4.57. The maximum absolute atomic E-state index is 6.19. The van der Waals surface area contributed by atoms with Crippen LogP contribution in [0.4, 0.5) is 0 Å². The lowest BCUT2D eigenvalue weighted by Crippen LogP contribution is -2.16. The number of aromatic nitrogens is 2. The molecule has 0 aliphatic heterocycles. The van der Waals surface area contributed by atoms with Crippen molar-refractivity contribution in [1.29, 1.82) is 0 Å². The van der Waals surface area contributed by atoms with E-state index < -0.39 is 0 Å². The Labute approximate surface area is 118 Å². The predicted molar refractivity (Wildman–Crippen MR) is 76.4 cm³/mol. The van der Waals surface area contributed by atoms with Crippen molar-refractivity contribution < 1.29 is 4.74 Å². The number of benzene rings is 1. The van der Waals surface area contributed by atoms with E-state index in [0.29, 0.717) is 6.54 Å². The molecule has 0 bridgehead atoms. The van der Waals surface area contributed by atoms with Crippen LogP contribution in [0.1, 0.15) is 18.2 Å². The summed E-state index contributed by atoms with van der Waals surface area (Å²) in [7, 11) is 1.65. The van der Waals surface area contributed by atoms with Gasteiger partial charge in [-0.2, -0.15) is 5.10 Å². The Morgan fingerprint density at radius 1 is 1.32 bits per heavy atom. The Morgan fingerprint density at radius 3 is 2.89 bits per heavy atom. The molecule has 0 spiro atoms. The molecule has 0 fully saturated rings. The van der Waals surface area contributed by atoms with Crippen LogP contribution >= 0.6 is 11.6 Å². The number of hydrogen-bond donors (Lipinski definition) is 1. The summed E-state index contributed by atoms with van der Waals surface area (Å²) in [4.78, 5) is 0. The number of halogens is 1. The smallest absolute Gasteiger partial charge is 0.124 e. The molecule has 5 heteroatoms. The molecule has 0 saturated heterocycles. The summed E-state index contributed by atoms with van der Waals surface area (Å²) in [6.45, 7) is 4.37. The van der Waals surface area contributed by atoms with E-state index in [4.69, 9.17) is 16.3 Å². The van der Waals surface area contributed by atoms with Crippen molar-refractivity contribution in [3.05, 3.63) is 46.7 Å². The van der Waals surface area contributed by atoms with Crippen molar-refractivity contribution >= 4 is 11.6 Å². The molecule has 0 amide bonds. The molecule has 1 heterocycles. The van der Waals surface area contributed by atoms with Gasteiger partial charge in [-0.1, -0.05) is 17.7 Å². The van der Waals surface area contributed by atoms with Gasteiger partial charge in [0.1, 0.15) is 5.75 Å². The number of rotatable bonds is 6. The Kier molecular flexibility index (Phi) is 4.82. The van der Waals surface area contributed by atoms with Crippen molar-refractivity contribution in [3.63, 3.8) is 0 Å². The molecule has 1 N–H and O–H groups in total. The van der Waals surface area contributed by atoms with Gasteiger partial charge in [-0.3, -0.25) is 4.68 Å². The fraction of sp³-hybridized carbons (Fsp3) is 0.357.